The Morgan fingerprint density at radius 3 is 2.25 bits per heavy atom. The average molecular weight is 238 g/mol. The van der Waals surface area contributed by atoms with Gasteiger partial charge in [-0.2, -0.15) is 0 Å². The predicted molar refractivity (Wildman–Crippen MR) is 65.0 cm³/mol. The molecule has 0 saturated carbocycles. The number of ketones is 1. The minimum absolute atomic E-state index is 0.0370. The van der Waals surface area contributed by atoms with Crippen molar-refractivity contribution in [2.75, 3.05) is 0 Å². The van der Waals surface area contributed by atoms with E-state index in [-0.39, 0.29) is 11.7 Å². The zero-order valence-corrected chi connectivity index (χ0v) is 10.2. The van der Waals surface area contributed by atoms with Gasteiger partial charge in [-0.15, -0.1) is 0 Å². The van der Waals surface area contributed by atoms with E-state index in [1.54, 1.807) is 24.3 Å². The van der Waals surface area contributed by atoms with Crippen LogP contribution in [-0.2, 0) is 11.2 Å². The van der Waals surface area contributed by atoms with E-state index < -0.39 is 5.30 Å². The maximum absolute atomic E-state index is 11.5. The Labute approximate surface area is 100 Å². The Kier molecular flexibility index (Phi) is 4.55. The predicted octanol–water partition coefficient (Wildman–Crippen LogP) is 2.88. The SMILES string of the molecule is CC(C)C(=O)Cc1ccc(OC(=O)S)cc1. The molecule has 0 heterocycles. The Morgan fingerprint density at radius 1 is 1.25 bits per heavy atom. The molecule has 0 aliphatic carbocycles. The normalized spacial score (nSPS) is 10.2. The van der Waals surface area contributed by atoms with Crippen LogP contribution < -0.4 is 4.74 Å². The summed E-state index contributed by atoms with van der Waals surface area (Å²) in [6.45, 7) is 3.75. The smallest absolute Gasteiger partial charge is 0.369 e. The lowest BCUT2D eigenvalue weighted by Gasteiger charge is -2.05. The van der Waals surface area contributed by atoms with Gasteiger partial charge in [-0.1, -0.05) is 38.6 Å². The van der Waals surface area contributed by atoms with Crippen molar-refractivity contribution in [1.82, 2.24) is 0 Å². The Bertz CT molecular complexity index is 382. The number of ether oxygens (including phenoxy) is 1. The number of carbonyl (C=O) groups is 2. The van der Waals surface area contributed by atoms with Gasteiger partial charge in [-0.25, -0.2) is 4.79 Å². The number of Topliss-reactive ketones (excluding diaryl/α,β-unsaturated/α-hetero) is 1. The van der Waals surface area contributed by atoms with E-state index in [0.717, 1.165) is 5.56 Å². The molecule has 0 aliphatic heterocycles. The maximum atomic E-state index is 11.5. The minimum Gasteiger partial charge on any atom is -0.419 e. The van der Waals surface area contributed by atoms with E-state index in [1.807, 2.05) is 13.8 Å². The molecule has 1 aromatic carbocycles. The molecule has 0 spiro atoms. The van der Waals surface area contributed by atoms with E-state index in [0.29, 0.717) is 12.2 Å². The molecule has 0 N–H and O–H groups in total. The summed E-state index contributed by atoms with van der Waals surface area (Å²) in [6.07, 6.45) is 0.409. The number of carbonyl (C=O) groups excluding carboxylic acids is 2. The van der Waals surface area contributed by atoms with Crippen LogP contribution in [0.15, 0.2) is 24.3 Å². The standard InChI is InChI=1S/C12H14O3S/c1-8(2)11(13)7-9-3-5-10(6-4-9)15-12(14)16/h3-6,8H,7H2,1-2H3,(H,14,16). The van der Waals surface area contributed by atoms with Gasteiger partial charge in [0.1, 0.15) is 11.5 Å². The zero-order valence-electron chi connectivity index (χ0n) is 9.27. The quantitative estimate of drug-likeness (QED) is 0.648. The van der Waals surface area contributed by atoms with E-state index >= 15 is 0 Å². The van der Waals surface area contributed by atoms with Crippen LogP contribution in [0, 0.1) is 5.92 Å². The third kappa shape index (κ3) is 4.06. The van der Waals surface area contributed by atoms with Crippen molar-refractivity contribution >= 4 is 23.7 Å². The van der Waals surface area contributed by atoms with Gasteiger partial charge in [0, 0.05) is 12.3 Å². The lowest BCUT2D eigenvalue weighted by molar-refractivity contribution is -0.121. The molecule has 16 heavy (non-hydrogen) atoms. The van der Waals surface area contributed by atoms with E-state index in [2.05, 4.69) is 12.6 Å². The Hall–Kier alpha value is -1.29. The largest absolute Gasteiger partial charge is 0.419 e. The fraction of sp³-hybridized carbons (Fsp3) is 0.333. The Balaban J connectivity index is 2.64. The molecule has 4 heteroatoms. The van der Waals surface area contributed by atoms with Crippen LogP contribution in [0.25, 0.3) is 0 Å². The summed E-state index contributed by atoms with van der Waals surface area (Å²) in [5.74, 6) is 0.662. The molecule has 1 aromatic rings. The molecular formula is C12H14O3S. The first kappa shape index (κ1) is 12.8. The molecule has 0 saturated heterocycles. The van der Waals surface area contributed by atoms with Gasteiger partial charge in [0.15, 0.2) is 0 Å². The maximum Gasteiger partial charge on any atom is 0.369 e. The molecule has 0 atom stereocenters. The number of benzene rings is 1. The first-order valence-electron chi connectivity index (χ1n) is 5.01. The monoisotopic (exact) mass is 238 g/mol. The second-order valence-corrected chi connectivity index (χ2v) is 4.17. The third-order valence-corrected chi connectivity index (χ3v) is 2.24. The zero-order chi connectivity index (χ0) is 12.1. The van der Waals surface area contributed by atoms with Crippen molar-refractivity contribution in [1.29, 1.82) is 0 Å². The lowest BCUT2D eigenvalue weighted by Crippen LogP contribution is -2.10. The number of hydrogen-bond acceptors (Lipinski definition) is 3. The highest BCUT2D eigenvalue weighted by Crippen LogP contribution is 2.14. The molecule has 3 nitrogen and oxygen atoms in total. The molecule has 86 valence electrons. The van der Waals surface area contributed by atoms with Crippen molar-refractivity contribution in [2.45, 2.75) is 20.3 Å². The highest BCUT2D eigenvalue weighted by molar-refractivity contribution is 7.96. The second-order valence-electron chi connectivity index (χ2n) is 3.81. The first-order chi connectivity index (χ1) is 7.49. The number of rotatable bonds is 4. The van der Waals surface area contributed by atoms with E-state index in [4.69, 9.17) is 4.74 Å². The number of thiol groups is 1. The first-order valence-corrected chi connectivity index (χ1v) is 5.46. The van der Waals surface area contributed by atoms with Crippen LogP contribution in [0.3, 0.4) is 0 Å². The van der Waals surface area contributed by atoms with Gasteiger partial charge in [0.25, 0.3) is 0 Å². The van der Waals surface area contributed by atoms with Crippen LogP contribution in [0.1, 0.15) is 19.4 Å². The molecule has 0 aliphatic rings. The minimum atomic E-state index is -0.647. The van der Waals surface area contributed by atoms with Crippen LogP contribution in [0.4, 0.5) is 4.79 Å². The van der Waals surface area contributed by atoms with Crippen LogP contribution >= 0.6 is 12.6 Å². The molecule has 0 amide bonds. The van der Waals surface area contributed by atoms with Gasteiger partial charge in [0.2, 0.25) is 0 Å². The van der Waals surface area contributed by atoms with Crippen molar-refractivity contribution in [3.05, 3.63) is 29.8 Å². The highest BCUT2D eigenvalue weighted by atomic mass is 32.1. The van der Waals surface area contributed by atoms with E-state index in [1.165, 1.54) is 0 Å². The summed E-state index contributed by atoms with van der Waals surface area (Å²) in [4.78, 5) is 22.0. The molecule has 0 radical (unpaired) electrons. The molecule has 0 aromatic heterocycles. The van der Waals surface area contributed by atoms with Gasteiger partial charge >= 0.3 is 5.30 Å². The topological polar surface area (TPSA) is 43.4 Å². The summed E-state index contributed by atoms with van der Waals surface area (Å²) >= 11 is 3.50. The summed E-state index contributed by atoms with van der Waals surface area (Å²) in [6, 6.07) is 6.84. The van der Waals surface area contributed by atoms with Crippen molar-refractivity contribution < 1.29 is 14.3 Å². The van der Waals surface area contributed by atoms with Gasteiger partial charge in [0.05, 0.1) is 0 Å². The molecular weight excluding hydrogens is 224 g/mol. The van der Waals surface area contributed by atoms with Crippen LogP contribution in [-0.4, -0.2) is 11.1 Å². The van der Waals surface area contributed by atoms with Crippen LogP contribution in [0.2, 0.25) is 0 Å². The summed E-state index contributed by atoms with van der Waals surface area (Å²) in [5, 5.41) is -0.647. The molecule has 0 unspecified atom stereocenters. The fourth-order valence-electron chi connectivity index (χ4n) is 1.18. The number of hydrogen-bond donors (Lipinski definition) is 1. The molecule has 0 bridgehead atoms. The molecule has 1 rings (SSSR count). The van der Waals surface area contributed by atoms with Crippen molar-refractivity contribution in [3.8, 4) is 5.75 Å². The Morgan fingerprint density at radius 2 is 1.81 bits per heavy atom. The fourth-order valence-corrected chi connectivity index (χ4v) is 1.29. The van der Waals surface area contributed by atoms with Gasteiger partial charge < -0.3 is 4.74 Å². The van der Waals surface area contributed by atoms with E-state index in [9.17, 15) is 9.59 Å². The lowest BCUT2D eigenvalue weighted by atomic mass is 10.0. The summed E-state index contributed by atoms with van der Waals surface area (Å²) < 4.78 is 4.76. The summed E-state index contributed by atoms with van der Waals surface area (Å²) in [5.41, 5.74) is 0.915. The van der Waals surface area contributed by atoms with Crippen LogP contribution in [0.5, 0.6) is 5.75 Å². The van der Waals surface area contributed by atoms with Gasteiger partial charge in [-0.05, 0) is 17.7 Å². The highest BCUT2D eigenvalue weighted by Gasteiger charge is 2.08. The summed E-state index contributed by atoms with van der Waals surface area (Å²) in [7, 11) is 0. The van der Waals surface area contributed by atoms with Crippen molar-refractivity contribution in [3.63, 3.8) is 0 Å². The molecule has 0 fully saturated rings. The second kappa shape index (κ2) is 5.70. The van der Waals surface area contributed by atoms with Gasteiger partial charge in [-0.3, -0.25) is 4.79 Å². The van der Waals surface area contributed by atoms with Crippen molar-refractivity contribution in [2.24, 2.45) is 5.92 Å². The third-order valence-electron chi connectivity index (χ3n) is 2.15. The average Bonchev–Trinajstić information content (AvgIpc) is 2.20.